The highest BCUT2D eigenvalue weighted by Crippen LogP contribution is 2.28. The van der Waals surface area contributed by atoms with E-state index in [0.717, 1.165) is 30.7 Å². The van der Waals surface area contributed by atoms with Crippen LogP contribution in [0.15, 0.2) is 18.3 Å². The third kappa shape index (κ3) is 2.58. The largest absolute Gasteiger partial charge is 0.356 e. The Labute approximate surface area is 103 Å². The number of hydrogen-bond acceptors (Lipinski definition) is 3. The van der Waals surface area contributed by atoms with Gasteiger partial charge < -0.3 is 4.90 Å². The molecule has 0 bridgehead atoms. The third-order valence-electron chi connectivity index (χ3n) is 3.84. The van der Waals surface area contributed by atoms with Gasteiger partial charge in [-0.25, -0.2) is 4.98 Å². The lowest BCUT2D eigenvalue weighted by molar-refractivity contribution is 0.292. The standard InChI is InChI=1S/C14H19N3/c1-3-13-10-17(7-6-11(13)2)14-5-4-12(8-15)9-16-14/h4-5,9,11,13H,3,6-7,10H2,1-2H3/t11-,13-/m1/s1. The summed E-state index contributed by atoms with van der Waals surface area (Å²) in [5.41, 5.74) is 0.631. The van der Waals surface area contributed by atoms with Crippen molar-refractivity contribution in [3.05, 3.63) is 23.9 Å². The first kappa shape index (κ1) is 11.9. The summed E-state index contributed by atoms with van der Waals surface area (Å²) in [5, 5.41) is 8.75. The number of aromatic nitrogens is 1. The summed E-state index contributed by atoms with van der Waals surface area (Å²) in [7, 11) is 0. The van der Waals surface area contributed by atoms with Crippen molar-refractivity contribution in [1.82, 2.24) is 4.98 Å². The van der Waals surface area contributed by atoms with Crippen LogP contribution in [0, 0.1) is 23.2 Å². The van der Waals surface area contributed by atoms with Crippen molar-refractivity contribution < 1.29 is 0 Å². The molecule has 0 aliphatic carbocycles. The van der Waals surface area contributed by atoms with Gasteiger partial charge in [-0.1, -0.05) is 20.3 Å². The van der Waals surface area contributed by atoms with Gasteiger partial charge in [0.1, 0.15) is 11.9 Å². The molecule has 1 aliphatic rings. The second-order valence-corrected chi connectivity index (χ2v) is 4.90. The SMILES string of the molecule is CC[C@@H]1CN(c2ccc(C#N)cn2)CC[C@H]1C. The second kappa shape index (κ2) is 5.18. The Hall–Kier alpha value is -1.56. The summed E-state index contributed by atoms with van der Waals surface area (Å²) in [5.74, 6) is 2.59. The van der Waals surface area contributed by atoms with Crippen molar-refractivity contribution in [3.8, 4) is 6.07 Å². The maximum atomic E-state index is 8.75. The van der Waals surface area contributed by atoms with E-state index in [-0.39, 0.29) is 0 Å². The Morgan fingerprint density at radius 3 is 2.94 bits per heavy atom. The molecule has 0 spiro atoms. The highest BCUT2D eigenvalue weighted by molar-refractivity contribution is 5.42. The van der Waals surface area contributed by atoms with Gasteiger partial charge in [0, 0.05) is 19.3 Å². The summed E-state index contributed by atoms with van der Waals surface area (Å²) in [6.07, 6.45) is 4.13. The molecule has 1 fully saturated rings. The van der Waals surface area contributed by atoms with Crippen molar-refractivity contribution in [2.75, 3.05) is 18.0 Å². The number of piperidine rings is 1. The molecular weight excluding hydrogens is 210 g/mol. The third-order valence-corrected chi connectivity index (χ3v) is 3.84. The number of nitrogens with zero attached hydrogens (tertiary/aromatic N) is 3. The van der Waals surface area contributed by atoms with Crippen LogP contribution in [0.2, 0.25) is 0 Å². The van der Waals surface area contributed by atoms with Gasteiger partial charge in [0.15, 0.2) is 0 Å². The molecule has 90 valence electrons. The van der Waals surface area contributed by atoms with Crippen LogP contribution >= 0.6 is 0 Å². The number of hydrogen-bond donors (Lipinski definition) is 0. The molecule has 1 aromatic rings. The van der Waals surface area contributed by atoms with Crippen LogP contribution < -0.4 is 4.90 Å². The summed E-state index contributed by atoms with van der Waals surface area (Å²) >= 11 is 0. The molecule has 0 radical (unpaired) electrons. The van der Waals surface area contributed by atoms with E-state index in [4.69, 9.17) is 5.26 Å². The predicted octanol–water partition coefficient (Wildman–Crippen LogP) is 2.83. The molecule has 2 rings (SSSR count). The van der Waals surface area contributed by atoms with Crippen LogP contribution in [0.3, 0.4) is 0 Å². The van der Waals surface area contributed by atoms with Crippen LogP contribution in [0.25, 0.3) is 0 Å². The Morgan fingerprint density at radius 2 is 2.35 bits per heavy atom. The highest BCUT2D eigenvalue weighted by Gasteiger charge is 2.25. The summed E-state index contributed by atoms with van der Waals surface area (Å²) in [4.78, 5) is 6.71. The highest BCUT2D eigenvalue weighted by atomic mass is 15.2. The van der Waals surface area contributed by atoms with E-state index in [1.54, 1.807) is 6.20 Å². The molecule has 0 N–H and O–H groups in total. The first-order valence-corrected chi connectivity index (χ1v) is 6.35. The van der Waals surface area contributed by atoms with Gasteiger partial charge in [0.2, 0.25) is 0 Å². The molecular formula is C14H19N3. The van der Waals surface area contributed by atoms with Crippen molar-refractivity contribution in [2.45, 2.75) is 26.7 Å². The van der Waals surface area contributed by atoms with Crippen molar-refractivity contribution in [1.29, 1.82) is 5.26 Å². The Kier molecular flexibility index (Phi) is 3.63. The Balaban J connectivity index is 2.09. The van der Waals surface area contributed by atoms with Gasteiger partial charge >= 0.3 is 0 Å². The lowest BCUT2D eigenvalue weighted by atomic mass is 9.85. The lowest BCUT2D eigenvalue weighted by Gasteiger charge is -2.37. The second-order valence-electron chi connectivity index (χ2n) is 4.90. The van der Waals surface area contributed by atoms with Gasteiger partial charge in [-0.15, -0.1) is 0 Å². The van der Waals surface area contributed by atoms with Crippen LogP contribution in [-0.4, -0.2) is 18.1 Å². The Morgan fingerprint density at radius 1 is 1.53 bits per heavy atom. The summed E-state index contributed by atoms with van der Waals surface area (Å²) in [6.45, 7) is 6.78. The van der Waals surface area contributed by atoms with Crippen LogP contribution in [0.5, 0.6) is 0 Å². The molecule has 0 aromatic carbocycles. The normalized spacial score (nSPS) is 24.4. The lowest BCUT2D eigenvalue weighted by Crippen LogP contribution is -2.39. The molecule has 1 saturated heterocycles. The van der Waals surface area contributed by atoms with E-state index in [9.17, 15) is 0 Å². The Bertz CT molecular complexity index is 404. The fraction of sp³-hybridized carbons (Fsp3) is 0.571. The van der Waals surface area contributed by atoms with Gasteiger partial charge in [0.05, 0.1) is 5.56 Å². The molecule has 0 saturated carbocycles. The minimum absolute atomic E-state index is 0.631. The van der Waals surface area contributed by atoms with Crippen LogP contribution in [0.4, 0.5) is 5.82 Å². The topological polar surface area (TPSA) is 39.9 Å². The van der Waals surface area contributed by atoms with Gasteiger partial charge in [-0.2, -0.15) is 5.26 Å². The molecule has 0 amide bonds. The molecule has 3 nitrogen and oxygen atoms in total. The quantitative estimate of drug-likeness (QED) is 0.783. The number of nitriles is 1. The molecule has 3 heteroatoms. The molecule has 1 aromatic heterocycles. The van der Waals surface area contributed by atoms with Crippen LogP contribution in [0.1, 0.15) is 32.3 Å². The van der Waals surface area contributed by atoms with Crippen molar-refractivity contribution in [3.63, 3.8) is 0 Å². The molecule has 0 unspecified atom stereocenters. The summed E-state index contributed by atoms with van der Waals surface area (Å²) < 4.78 is 0. The molecule has 2 heterocycles. The van der Waals surface area contributed by atoms with E-state index in [2.05, 4.69) is 29.8 Å². The number of pyridine rings is 1. The minimum atomic E-state index is 0.631. The van der Waals surface area contributed by atoms with Gasteiger partial charge in [-0.05, 0) is 30.4 Å². The zero-order chi connectivity index (χ0) is 12.3. The first-order chi connectivity index (χ1) is 8.24. The van der Waals surface area contributed by atoms with Crippen molar-refractivity contribution >= 4 is 5.82 Å². The van der Waals surface area contributed by atoms with E-state index in [1.807, 2.05) is 12.1 Å². The van der Waals surface area contributed by atoms with E-state index in [0.29, 0.717) is 5.56 Å². The van der Waals surface area contributed by atoms with E-state index < -0.39 is 0 Å². The van der Waals surface area contributed by atoms with E-state index in [1.165, 1.54) is 12.8 Å². The molecule has 17 heavy (non-hydrogen) atoms. The smallest absolute Gasteiger partial charge is 0.128 e. The first-order valence-electron chi connectivity index (χ1n) is 6.35. The predicted molar refractivity (Wildman–Crippen MR) is 68.7 cm³/mol. The monoisotopic (exact) mass is 229 g/mol. The summed E-state index contributed by atoms with van der Waals surface area (Å²) in [6, 6.07) is 5.91. The molecule has 2 atom stereocenters. The average molecular weight is 229 g/mol. The maximum absolute atomic E-state index is 8.75. The zero-order valence-electron chi connectivity index (χ0n) is 10.6. The van der Waals surface area contributed by atoms with E-state index >= 15 is 0 Å². The van der Waals surface area contributed by atoms with Gasteiger partial charge in [0.25, 0.3) is 0 Å². The maximum Gasteiger partial charge on any atom is 0.128 e. The fourth-order valence-electron chi connectivity index (χ4n) is 2.53. The van der Waals surface area contributed by atoms with Crippen LogP contribution in [-0.2, 0) is 0 Å². The minimum Gasteiger partial charge on any atom is -0.356 e. The fourth-order valence-corrected chi connectivity index (χ4v) is 2.53. The number of anilines is 1. The zero-order valence-corrected chi connectivity index (χ0v) is 10.6. The van der Waals surface area contributed by atoms with Crippen molar-refractivity contribution in [2.24, 2.45) is 11.8 Å². The number of rotatable bonds is 2. The van der Waals surface area contributed by atoms with Gasteiger partial charge in [-0.3, -0.25) is 0 Å². The average Bonchev–Trinajstić information content (AvgIpc) is 2.39. The molecule has 1 aliphatic heterocycles.